The number of benzene rings is 1. The van der Waals surface area contributed by atoms with E-state index >= 15 is 0 Å². The molecule has 0 aliphatic carbocycles. The number of hydrogen-bond acceptors (Lipinski definition) is 5. The summed E-state index contributed by atoms with van der Waals surface area (Å²) in [6.45, 7) is 3.55. The predicted octanol–water partition coefficient (Wildman–Crippen LogP) is 3.37. The molecule has 2 aromatic rings. The van der Waals surface area contributed by atoms with Crippen molar-refractivity contribution in [2.45, 2.75) is 13.8 Å². The lowest BCUT2D eigenvalue weighted by atomic mass is 10.1. The second-order valence-electron chi connectivity index (χ2n) is 5.97. The summed E-state index contributed by atoms with van der Waals surface area (Å²) in [6.07, 6.45) is 4.83. The molecule has 0 saturated carbocycles. The summed E-state index contributed by atoms with van der Waals surface area (Å²) >= 11 is 0.828. The zero-order valence-corrected chi connectivity index (χ0v) is 15.2. The first-order valence-corrected chi connectivity index (χ1v) is 8.77. The van der Waals surface area contributed by atoms with Crippen molar-refractivity contribution in [2.75, 3.05) is 11.9 Å². The average molecular weight is 367 g/mol. The number of amides is 3. The van der Waals surface area contributed by atoms with Crippen LogP contribution < -0.4 is 5.32 Å². The lowest BCUT2D eigenvalue weighted by Crippen LogP contribution is -2.36. The fourth-order valence-corrected chi connectivity index (χ4v) is 3.48. The molecule has 26 heavy (non-hydrogen) atoms. The highest BCUT2D eigenvalue weighted by atomic mass is 32.2. The van der Waals surface area contributed by atoms with Gasteiger partial charge >= 0.3 is 0 Å². The van der Waals surface area contributed by atoms with E-state index in [0.717, 1.165) is 33.4 Å². The third-order valence-corrected chi connectivity index (χ3v) is 4.59. The summed E-state index contributed by atoms with van der Waals surface area (Å²) in [7, 11) is 0. The molecule has 6 nitrogen and oxygen atoms in total. The fraction of sp³-hybridized carbons (Fsp3) is 0.158. The summed E-state index contributed by atoms with van der Waals surface area (Å²) < 4.78 is 0. The zero-order valence-electron chi connectivity index (χ0n) is 14.4. The van der Waals surface area contributed by atoms with Gasteiger partial charge in [0.15, 0.2) is 0 Å². The highest BCUT2D eigenvalue weighted by molar-refractivity contribution is 8.18. The van der Waals surface area contributed by atoms with Crippen molar-refractivity contribution in [1.29, 1.82) is 0 Å². The number of hydrogen-bond donors (Lipinski definition) is 1. The van der Waals surface area contributed by atoms with Gasteiger partial charge in [0.25, 0.3) is 11.1 Å². The van der Waals surface area contributed by atoms with Crippen LogP contribution in [0.15, 0.2) is 47.6 Å². The number of imide groups is 1. The van der Waals surface area contributed by atoms with Crippen LogP contribution in [0.4, 0.5) is 10.5 Å². The van der Waals surface area contributed by atoms with Crippen LogP contribution >= 0.6 is 11.8 Å². The highest BCUT2D eigenvalue weighted by Gasteiger charge is 2.36. The Morgan fingerprint density at radius 1 is 1.15 bits per heavy atom. The molecular weight excluding hydrogens is 350 g/mol. The van der Waals surface area contributed by atoms with Crippen molar-refractivity contribution in [3.63, 3.8) is 0 Å². The normalized spacial score (nSPS) is 15.6. The Morgan fingerprint density at radius 2 is 1.81 bits per heavy atom. The van der Waals surface area contributed by atoms with Crippen molar-refractivity contribution in [3.05, 3.63) is 64.3 Å². The number of rotatable bonds is 4. The molecule has 1 aliphatic rings. The van der Waals surface area contributed by atoms with E-state index in [-0.39, 0.29) is 6.54 Å². The SMILES string of the molecule is Cc1cc(C)cc(NC(=O)CN2C(=O)S/C(=C/c3ccncc3)C2=O)c1. The molecule has 1 aromatic heterocycles. The summed E-state index contributed by atoms with van der Waals surface area (Å²) in [5.41, 5.74) is 3.45. The van der Waals surface area contributed by atoms with Crippen molar-refractivity contribution >= 4 is 40.6 Å². The van der Waals surface area contributed by atoms with Crippen molar-refractivity contribution in [1.82, 2.24) is 9.88 Å². The number of carbonyl (C=O) groups is 3. The molecule has 132 valence electrons. The Balaban J connectivity index is 1.69. The van der Waals surface area contributed by atoms with Gasteiger partial charge < -0.3 is 5.32 Å². The van der Waals surface area contributed by atoms with Gasteiger partial charge in [-0.25, -0.2) is 0 Å². The number of aromatic nitrogens is 1. The van der Waals surface area contributed by atoms with Crippen LogP contribution in [-0.4, -0.2) is 33.5 Å². The molecule has 0 atom stereocenters. The molecule has 1 aliphatic heterocycles. The third kappa shape index (κ3) is 4.18. The van der Waals surface area contributed by atoms with E-state index in [4.69, 9.17) is 0 Å². The number of anilines is 1. The van der Waals surface area contributed by atoms with E-state index in [1.54, 1.807) is 30.6 Å². The summed E-state index contributed by atoms with van der Waals surface area (Å²) in [5, 5.41) is 2.28. The van der Waals surface area contributed by atoms with Crippen LogP contribution in [0.2, 0.25) is 0 Å². The summed E-state index contributed by atoms with van der Waals surface area (Å²) in [6, 6.07) is 9.14. The van der Waals surface area contributed by atoms with E-state index in [9.17, 15) is 14.4 Å². The molecule has 0 bridgehead atoms. The van der Waals surface area contributed by atoms with Gasteiger partial charge in [-0.2, -0.15) is 0 Å². The van der Waals surface area contributed by atoms with Crippen LogP contribution in [0.25, 0.3) is 6.08 Å². The number of pyridine rings is 1. The number of nitrogens with zero attached hydrogens (tertiary/aromatic N) is 2. The van der Waals surface area contributed by atoms with Gasteiger partial charge in [-0.3, -0.25) is 24.3 Å². The Hall–Kier alpha value is -2.93. The Kier molecular flexibility index (Phi) is 5.18. The molecule has 0 radical (unpaired) electrons. The van der Waals surface area contributed by atoms with Crippen molar-refractivity contribution in [3.8, 4) is 0 Å². The quantitative estimate of drug-likeness (QED) is 0.838. The molecule has 7 heteroatoms. The number of thioether (sulfide) groups is 1. The van der Waals surface area contributed by atoms with Gasteiger partial charge in [0.2, 0.25) is 5.91 Å². The van der Waals surface area contributed by atoms with Gasteiger partial charge in [-0.05, 0) is 72.6 Å². The second-order valence-corrected chi connectivity index (χ2v) is 6.97. The average Bonchev–Trinajstić information content (AvgIpc) is 2.82. The maximum atomic E-state index is 12.4. The topological polar surface area (TPSA) is 79.4 Å². The van der Waals surface area contributed by atoms with Crippen LogP contribution in [-0.2, 0) is 9.59 Å². The largest absolute Gasteiger partial charge is 0.325 e. The molecule has 0 spiro atoms. The molecule has 1 aromatic carbocycles. The predicted molar refractivity (Wildman–Crippen MR) is 101 cm³/mol. The molecule has 3 amide bonds. The van der Waals surface area contributed by atoms with Crippen molar-refractivity contribution < 1.29 is 14.4 Å². The van der Waals surface area contributed by atoms with Gasteiger partial charge in [0.05, 0.1) is 4.91 Å². The molecule has 2 heterocycles. The number of nitrogens with one attached hydrogen (secondary N) is 1. The third-order valence-electron chi connectivity index (χ3n) is 3.68. The zero-order chi connectivity index (χ0) is 18.7. The van der Waals surface area contributed by atoms with Crippen LogP contribution in [0.1, 0.15) is 16.7 Å². The number of aryl methyl sites for hydroxylation is 2. The second kappa shape index (κ2) is 7.53. The molecule has 1 N–H and O–H groups in total. The van der Waals surface area contributed by atoms with Gasteiger partial charge in [-0.1, -0.05) is 6.07 Å². The summed E-state index contributed by atoms with van der Waals surface area (Å²) in [5.74, 6) is -0.880. The van der Waals surface area contributed by atoms with Gasteiger partial charge in [0.1, 0.15) is 6.54 Å². The molecule has 0 unspecified atom stereocenters. The lowest BCUT2D eigenvalue weighted by molar-refractivity contribution is -0.127. The van der Waals surface area contributed by atoms with E-state index < -0.39 is 17.1 Å². The van der Waals surface area contributed by atoms with Gasteiger partial charge in [-0.15, -0.1) is 0 Å². The first-order chi connectivity index (χ1) is 12.4. The van der Waals surface area contributed by atoms with Gasteiger partial charge in [0, 0.05) is 18.1 Å². The molecular formula is C19H17N3O3S. The first kappa shape index (κ1) is 17.9. The van der Waals surface area contributed by atoms with Crippen LogP contribution in [0, 0.1) is 13.8 Å². The summed E-state index contributed by atoms with van der Waals surface area (Å²) in [4.78, 5) is 42.0. The Bertz CT molecular complexity index is 889. The highest BCUT2D eigenvalue weighted by Crippen LogP contribution is 2.32. The standard InChI is InChI=1S/C19H17N3O3S/c1-12-7-13(2)9-15(8-12)21-17(23)11-22-18(24)16(26-19(22)25)10-14-3-5-20-6-4-14/h3-10H,11H2,1-2H3,(H,21,23)/b16-10+. The Morgan fingerprint density at radius 3 is 2.46 bits per heavy atom. The smallest absolute Gasteiger partial charge is 0.294 e. The van der Waals surface area contributed by atoms with E-state index in [2.05, 4.69) is 10.3 Å². The maximum absolute atomic E-state index is 12.4. The lowest BCUT2D eigenvalue weighted by Gasteiger charge is -2.13. The Labute approximate surface area is 155 Å². The van der Waals surface area contributed by atoms with E-state index in [1.807, 2.05) is 32.0 Å². The van der Waals surface area contributed by atoms with Crippen LogP contribution in [0.3, 0.4) is 0 Å². The minimum Gasteiger partial charge on any atom is -0.325 e. The van der Waals surface area contributed by atoms with Crippen LogP contribution in [0.5, 0.6) is 0 Å². The number of carbonyl (C=O) groups excluding carboxylic acids is 3. The van der Waals surface area contributed by atoms with Crippen molar-refractivity contribution in [2.24, 2.45) is 0 Å². The molecule has 1 fully saturated rings. The minimum absolute atomic E-state index is 0.292. The fourth-order valence-electron chi connectivity index (χ4n) is 2.64. The van der Waals surface area contributed by atoms with E-state index in [1.165, 1.54) is 0 Å². The first-order valence-electron chi connectivity index (χ1n) is 7.96. The molecule has 1 saturated heterocycles. The minimum atomic E-state index is -0.465. The molecule has 3 rings (SSSR count). The maximum Gasteiger partial charge on any atom is 0.294 e. The monoisotopic (exact) mass is 367 g/mol. The van der Waals surface area contributed by atoms with E-state index in [0.29, 0.717) is 10.6 Å².